The van der Waals surface area contributed by atoms with Crippen LogP contribution in [0, 0.1) is 0 Å². The molecule has 0 bridgehead atoms. The van der Waals surface area contributed by atoms with Crippen LogP contribution < -0.4 is 5.32 Å². The lowest BCUT2D eigenvalue weighted by molar-refractivity contribution is 0.325. The van der Waals surface area contributed by atoms with Crippen molar-refractivity contribution in [2.45, 2.75) is 56.9 Å². The maximum atomic E-state index is 4.22. The minimum Gasteiger partial charge on any atom is -0.310 e. The molecular formula is C12H23N5S. The van der Waals surface area contributed by atoms with Gasteiger partial charge in [0.05, 0.1) is 12.6 Å². The van der Waals surface area contributed by atoms with Crippen molar-refractivity contribution in [2.75, 3.05) is 12.8 Å². The standard InChI is InChI=1S/C12H23N5S/c1-3-8-13-9-12-14-15-16-17(12)10-6-4-5-7-11(10)18-2/h10-11,13H,3-9H2,1-2H3. The van der Waals surface area contributed by atoms with E-state index in [1.165, 1.54) is 25.7 Å². The predicted molar refractivity (Wildman–Crippen MR) is 74.6 cm³/mol. The van der Waals surface area contributed by atoms with E-state index in [1.807, 2.05) is 11.8 Å². The first-order valence-electron chi connectivity index (χ1n) is 6.87. The highest BCUT2D eigenvalue weighted by Gasteiger charge is 2.28. The fraction of sp³-hybridized carbons (Fsp3) is 0.917. The molecule has 0 saturated heterocycles. The van der Waals surface area contributed by atoms with Crippen molar-refractivity contribution in [2.24, 2.45) is 0 Å². The number of nitrogens with one attached hydrogen (secondary N) is 1. The quantitative estimate of drug-likeness (QED) is 0.801. The van der Waals surface area contributed by atoms with Gasteiger partial charge < -0.3 is 5.32 Å². The van der Waals surface area contributed by atoms with Crippen molar-refractivity contribution in [1.82, 2.24) is 25.5 Å². The van der Waals surface area contributed by atoms with Gasteiger partial charge in [0.25, 0.3) is 0 Å². The molecule has 1 N–H and O–H groups in total. The molecule has 0 aromatic carbocycles. The predicted octanol–water partition coefficient (Wildman–Crippen LogP) is 2.02. The molecule has 6 heteroatoms. The van der Waals surface area contributed by atoms with Gasteiger partial charge in [-0.1, -0.05) is 19.8 Å². The van der Waals surface area contributed by atoms with Crippen molar-refractivity contribution < 1.29 is 0 Å². The van der Waals surface area contributed by atoms with Crippen molar-refractivity contribution in [3.63, 3.8) is 0 Å². The Bertz CT molecular complexity index is 354. The molecule has 2 atom stereocenters. The summed E-state index contributed by atoms with van der Waals surface area (Å²) in [5.74, 6) is 0.981. The van der Waals surface area contributed by atoms with Crippen LogP contribution in [0.2, 0.25) is 0 Å². The van der Waals surface area contributed by atoms with E-state index in [1.54, 1.807) is 0 Å². The molecule has 2 unspecified atom stereocenters. The van der Waals surface area contributed by atoms with Crippen molar-refractivity contribution in [1.29, 1.82) is 0 Å². The van der Waals surface area contributed by atoms with E-state index in [0.717, 1.165) is 25.3 Å². The maximum Gasteiger partial charge on any atom is 0.165 e. The van der Waals surface area contributed by atoms with E-state index in [9.17, 15) is 0 Å². The molecule has 18 heavy (non-hydrogen) atoms. The van der Waals surface area contributed by atoms with Crippen LogP contribution >= 0.6 is 11.8 Å². The Hall–Kier alpha value is -0.620. The Kier molecular flexibility index (Phi) is 5.44. The summed E-state index contributed by atoms with van der Waals surface area (Å²) in [6.45, 7) is 3.96. The zero-order chi connectivity index (χ0) is 12.8. The minimum atomic E-state index is 0.474. The Morgan fingerprint density at radius 1 is 1.39 bits per heavy atom. The number of rotatable bonds is 6. The molecule has 1 aromatic rings. The number of hydrogen-bond donors (Lipinski definition) is 1. The lowest BCUT2D eigenvalue weighted by Crippen LogP contribution is -2.29. The van der Waals surface area contributed by atoms with Crippen LogP contribution in [-0.2, 0) is 6.54 Å². The lowest BCUT2D eigenvalue weighted by atomic mass is 9.95. The Morgan fingerprint density at radius 3 is 3.00 bits per heavy atom. The van der Waals surface area contributed by atoms with Gasteiger partial charge in [-0.25, -0.2) is 4.68 Å². The van der Waals surface area contributed by atoms with Crippen LogP contribution in [-0.4, -0.2) is 38.3 Å². The van der Waals surface area contributed by atoms with Crippen LogP contribution in [0.15, 0.2) is 0 Å². The summed E-state index contributed by atoms with van der Waals surface area (Å²) < 4.78 is 2.06. The van der Waals surface area contributed by atoms with Crippen LogP contribution in [0.5, 0.6) is 0 Å². The lowest BCUT2D eigenvalue weighted by Gasteiger charge is -2.30. The molecule has 5 nitrogen and oxygen atoms in total. The minimum absolute atomic E-state index is 0.474. The van der Waals surface area contributed by atoms with E-state index in [4.69, 9.17) is 0 Å². The fourth-order valence-electron chi connectivity index (χ4n) is 2.60. The molecular weight excluding hydrogens is 246 g/mol. The molecule has 1 saturated carbocycles. The van der Waals surface area contributed by atoms with Crippen molar-refractivity contribution >= 4 is 11.8 Å². The van der Waals surface area contributed by atoms with E-state index >= 15 is 0 Å². The molecule has 1 fully saturated rings. The zero-order valence-electron chi connectivity index (χ0n) is 11.3. The summed E-state index contributed by atoms with van der Waals surface area (Å²) in [5.41, 5.74) is 0. The number of nitrogens with zero attached hydrogens (tertiary/aromatic N) is 4. The van der Waals surface area contributed by atoms with Gasteiger partial charge in [0.2, 0.25) is 0 Å². The van der Waals surface area contributed by atoms with Gasteiger partial charge >= 0.3 is 0 Å². The second-order valence-electron chi connectivity index (χ2n) is 4.84. The average Bonchev–Trinajstić information content (AvgIpc) is 2.87. The number of thioether (sulfide) groups is 1. The van der Waals surface area contributed by atoms with E-state index in [-0.39, 0.29) is 0 Å². The molecule has 1 aliphatic rings. The highest BCUT2D eigenvalue weighted by molar-refractivity contribution is 7.99. The SMILES string of the molecule is CCCNCc1nnnn1C1CCCCC1SC. The number of tetrazole rings is 1. The van der Waals surface area contributed by atoms with Crippen LogP contribution in [0.3, 0.4) is 0 Å². The average molecular weight is 269 g/mol. The first-order chi connectivity index (χ1) is 8.86. The van der Waals surface area contributed by atoms with E-state index in [0.29, 0.717) is 11.3 Å². The second-order valence-corrected chi connectivity index (χ2v) is 5.92. The Morgan fingerprint density at radius 2 is 2.22 bits per heavy atom. The Balaban J connectivity index is 2.04. The molecule has 0 amide bonds. The number of aromatic nitrogens is 4. The molecule has 2 rings (SSSR count). The van der Waals surface area contributed by atoms with Crippen LogP contribution in [0.25, 0.3) is 0 Å². The Labute approximate surface area is 113 Å². The van der Waals surface area contributed by atoms with Crippen LogP contribution in [0.1, 0.15) is 50.9 Å². The molecule has 1 heterocycles. The molecule has 0 aliphatic heterocycles. The van der Waals surface area contributed by atoms with E-state index in [2.05, 4.69) is 38.7 Å². The van der Waals surface area contributed by atoms with Crippen molar-refractivity contribution in [3.8, 4) is 0 Å². The maximum absolute atomic E-state index is 4.22. The first-order valence-corrected chi connectivity index (χ1v) is 8.15. The fourth-order valence-corrected chi connectivity index (χ4v) is 3.56. The summed E-state index contributed by atoms with van der Waals surface area (Å²) in [7, 11) is 0. The third-order valence-electron chi connectivity index (χ3n) is 3.56. The van der Waals surface area contributed by atoms with Gasteiger partial charge in [-0.3, -0.25) is 0 Å². The van der Waals surface area contributed by atoms with Gasteiger partial charge in [0.1, 0.15) is 0 Å². The van der Waals surface area contributed by atoms with Gasteiger partial charge in [-0.2, -0.15) is 11.8 Å². The van der Waals surface area contributed by atoms with Crippen molar-refractivity contribution in [3.05, 3.63) is 5.82 Å². The largest absolute Gasteiger partial charge is 0.310 e. The topological polar surface area (TPSA) is 55.6 Å². The first kappa shape index (κ1) is 13.8. The summed E-state index contributed by atoms with van der Waals surface area (Å²) in [6, 6.07) is 0.474. The van der Waals surface area contributed by atoms with Gasteiger partial charge in [-0.15, -0.1) is 5.10 Å². The summed E-state index contributed by atoms with van der Waals surface area (Å²) >= 11 is 1.95. The van der Waals surface area contributed by atoms with Gasteiger partial charge in [0.15, 0.2) is 5.82 Å². The third kappa shape index (κ3) is 3.23. The monoisotopic (exact) mass is 269 g/mol. The van der Waals surface area contributed by atoms with Gasteiger partial charge in [-0.05, 0) is 42.5 Å². The molecule has 102 valence electrons. The van der Waals surface area contributed by atoms with E-state index < -0.39 is 0 Å². The highest BCUT2D eigenvalue weighted by Crippen LogP contribution is 2.35. The normalized spacial score (nSPS) is 24.3. The summed E-state index contributed by atoms with van der Waals surface area (Å²) in [6.07, 6.45) is 8.46. The number of hydrogen-bond acceptors (Lipinski definition) is 5. The second kappa shape index (κ2) is 7.09. The summed E-state index contributed by atoms with van der Waals surface area (Å²) in [5, 5.41) is 16.3. The molecule has 0 spiro atoms. The van der Waals surface area contributed by atoms with Crippen LogP contribution in [0.4, 0.5) is 0 Å². The smallest absolute Gasteiger partial charge is 0.165 e. The summed E-state index contributed by atoms with van der Waals surface area (Å²) in [4.78, 5) is 0. The third-order valence-corrected chi connectivity index (χ3v) is 4.71. The molecule has 1 aliphatic carbocycles. The van der Waals surface area contributed by atoms with Gasteiger partial charge in [0, 0.05) is 5.25 Å². The highest BCUT2D eigenvalue weighted by atomic mass is 32.2. The molecule has 1 aromatic heterocycles. The molecule has 0 radical (unpaired) electrons. The zero-order valence-corrected chi connectivity index (χ0v) is 12.1.